The van der Waals surface area contributed by atoms with Crippen LogP contribution < -0.4 is 10.6 Å². The molecule has 2 aromatic heterocycles. The van der Waals surface area contributed by atoms with Crippen LogP contribution in [0.25, 0.3) is 0 Å². The molecule has 162 valence electrons. The van der Waals surface area contributed by atoms with Gasteiger partial charge < -0.3 is 20.3 Å². The largest absolute Gasteiger partial charge is 0.424 e. The van der Waals surface area contributed by atoms with Gasteiger partial charge in [0.2, 0.25) is 5.60 Å². The highest BCUT2D eigenvalue weighted by molar-refractivity contribution is 7.09. The smallest absolute Gasteiger partial charge is 0.374 e. The van der Waals surface area contributed by atoms with Gasteiger partial charge in [-0.15, -0.1) is 11.3 Å². The molecule has 2 rings (SSSR count). The molecular formula is C18H27F3N6OS. The van der Waals surface area contributed by atoms with E-state index in [-0.39, 0.29) is 6.54 Å². The number of aliphatic hydroxyl groups is 1. The Morgan fingerprint density at radius 1 is 1.34 bits per heavy atom. The number of guanidine groups is 1. The number of imidazole rings is 1. The van der Waals surface area contributed by atoms with Gasteiger partial charge in [-0.2, -0.15) is 13.2 Å². The van der Waals surface area contributed by atoms with Gasteiger partial charge in [-0.25, -0.2) is 15.0 Å². The number of rotatable bonds is 8. The molecule has 0 aliphatic rings. The van der Waals surface area contributed by atoms with Crippen molar-refractivity contribution < 1.29 is 18.3 Å². The van der Waals surface area contributed by atoms with Crippen LogP contribution in [0.3, 0.4) is 0 Å². The highest BCUT2D eigenvalue weighted by Crippen LogP contribution is 2.40. The molecular weight excluding hydrogens is 405 g/mol. The number of halogens is 3. The summed E-state index contributed by atoms with van der Waals surface area (Å²) in [5.74, 6) is 0.234. The maximum absolute atomic E-state index is 13.6. The van der Waals surface area contributed by atoms with E-state index in [2.05, 4.69) is 39.4 Å². The lowest BCUT2D eigenvalue weighted by atomic mass is 9.97. The highest BCUT2D eigenvalue weighted by Gasteiger charge is 2.57. The quantitative estimate of drug-likeness (QED) is 0.441. The van der Waals surface area contributed by atoms with Gasteiger partial charge in [-0.1, -0.05) is 13.8 Å². The minimum absolute atomic E-state index is 0.149. The van der Waals surface area contributed by atoms with E-state index >= 15 is 0 Å². The summed E-state index contributed by atoms with van der Waals surface area (Å²) in [4.78, 5) is 12.6. The SMILES string of the molecule is CCNC(=NCc1nc(C(C)C)cs1)NCCC(O)(c1nccn1C)C(F)(F)F. The first-order chi connectivity index (χ1) is 13.6. The third-order valence-electron chi connectivity index (χ3n) is 4.32. The minimum atomic E-state index is -4.86. The molecule has 0 spiro atoms. The van der Waals surface area contributed by atoms with Gasteiger partial charge in [0.25, 0.3) is 0 Å². The standard InChI is InChI=1S/C18H27F3N6OS/c1-5-22-16(25-10-14-26-13(11-29-14)12(2)3)24-7-6-17(28,18(19,20)21)15-23-8-9-27(15)4/h8-9,11-12,28H,5-7,10H2,1-4H3,(H2,22,24,25). The molecule has 0 aliphatic heterocycles. The fourth-order valence-corrected chi connectivity index (χ4v) is 3.54. The maximum Gasteiger partial charge on any atom is 0.424 e. The molecule has 7 nitrogen and oxygen atoms in total. The van der Waals surface area contributed by atoms with E-state index in [1.54, 1.807) is 0 Å². The molecule has 2 aromatic rings. The average Bonchev–Trinajstić information content (AvgIpc) is 3.27. The summed E-state index contributed by atoms with van der Waals surface area (Å²) in [6.07, 6.45) is -2.88. The van der Waals surface area contributed by atoms with E-state index in [1.807, 2.05) is 12.3 Å². The van der Waals surface area contributed by atoms with Crippen LogP contribution in [0.1, 0.15) is 49.6 Å². The lowest BCUT2D eigenvalue weighted by Crippen LogP contribution is -2.47. The predicted molar refractivity (Wildman–Crippen MR) is 107 cm³/mol. The summed E-state index contributed by atoms with van der Waals surface area (Å²) >= 11 is 1.50. The van der Waals surface area contributed by atoms with E-state index in [4.69, 9.17) is 0 Å². The molecule has 0 fully saturated rings. The van der Waals surface area contributed by atoms with Crippen LogP contribution in [0, 0.1) is 0 Å². The van der Waals surface area contributed by atoms with Crippen LogP contribution in [0.2, 0.25) is 0 Å². The number of aliphatic imine (C=N–C) groups is 1. The Kier molecular flexibility index (Phi) is 7.64. The summed E-state index contributed by atoms with van der Waals surface area (Å²) in [6.45, 7) is 6.68. The molecule has 11 heteroatoms. The van der Waals surface area contributed by atoms with Gasteiger partial charge in [0.15, 0.2) is 5.96 Å². The van der Waals surface area contributed by atoms with E-state index in [1.165, 1.54) is 35.3 Å². The monoisotopic (exact) mass is 432 g/mol. The zero-order chi connectivity index (χ0) is 21.7. The van der Waals surface area contributed by atoms with Crippen molar-refractivity contribution >= 4 is 17.3 Å². The fraction of sp³-hybridized carbons (Fsp3) is 0.611. The zero-order valence-corrected chi connectivity index (χ0v) is 17.7. The van der Waals surface area contributed by atoms with Crippen molar-refractivity contribution in [2.45, 2.75) is 51.4 Å². The number of hydrogen-bond acceptors (Lipinski definition) is 5. The Labute approximate surface area is 172 Å². The topological polar surface area (TPSA) is 87.4 Å². The zero-order valence-electron chi connectivity index (χ0n) is 16.9. The van der Waals surface area contributed by atoms with Crippen LogP contribution in [0.5, 0.6) is 0 Å². The second-order valence-electron chi connectivity index (χ2n) is 6.91. The Morgan fingerprint density at radius 2 is 2.07 bits per heavy atom. The number of aryl methyl sites for hydroxylation is 1. The minimum Gasteiger partial charge on any atom is -0.374 e. The molecule has 1 atom stereocenters. The predicted octanol–water partition coefficient (Wildman–Crippen LogP) is 2.90. The molecule has 0 saturated carbocycles. The van der Waals surface area contributed by atoms with Gasteiger partial charge >= 0.3 is 6.18 Å². The van der Waals surface area contributed by atoms with E-state index in [9.17, 15) is 18.3 Å². The van der Waals surface area contributed by atoms with Crippen LogP contribution in [-0.4, -0.2) is 44.9 Å². The Balaban J connectivity index is 2.05. The second kappa shape index (κ2) is 9.57. The summed E-state index contributed by atoms with van der Waals surface area (Å²) in [5, 5.41) is 19.0. The lowest BCUT2D eigenvalue weighted by Gasteiger charge is -2.30. The summed E-state index contributed by atoms with van der Waals surface area (Å²) in [7, 11) is 1.41. The van der Waals surface area contributed by atoms with Gasteiger partial charge in [-0.3, -0.25) is 0 Å². The number of aromatic nitrogens is 3. The number of hydrogen-bond donors (Lipinski definition) is 3. The van der Waals surface area contributed by atoms with Crippen molar-refractivity contribution in [2.75, 3.05) is 13.1 Å². The Morgan fingerprint density at radius 3 is 2.59 bits per heavy atom. The van der Waals surface area contributed by atoms with E-state index in [0.29, 0.717) is 25.0 Å². The first-order valence-corrected chi connectivity index (χ1v) is 10.2. The van der Waals surface area contributed by atoms with Crippen molar-refractivity contribution in [1.29, 1.82) is 0 Å². The molecule has 29 heavy (non-hydrogen) atoms. The third kappa shape index (κ3) is 5.69. The first-order valence-electron chi connectivity index (χ1n) is 9.31. The molecule has 2 heterocycles. The van der Waals surface area contributed by atoms with Crippen LogP contribution in [-0.2, 0) is 19.2 Å². The normalized spacial score (nSPS) is 14.9. The molecule has 0 bridgehead atoms. The Hall–Kier alpha value is -2.14. The molecule has 0 saturated heterocycles. The summed E-state index contributed by atoms with van der Waals surface area (Å²) < 4.78 is 41.9. The molecule has 1 unspecified atom stereocenters. The van der Waals surface area contributed by atoms with Crippen molar-refractivity contribution in [1.82, 2.24) is 25.2 Å². The average molecular weight is 433 g/mol. The molecule has 0 aliphatic carbocycles. The molecule has 0 radical (unpaired) electrons. The van der Waals surface area contributed by atoms with Crippen molar-refractivity contribution in [3.63, 3.8) is 0 Å². The van der Waals surface area contributed by atoms with Crippen molar-refractivity contribution in [3.05, 3.63) is 34.3 Å². The maximum atomic E-state index is 13.6. The number of thiazole rings is 1. The van der Waals surface area contributed by atoms with Crippen LogP contribution >= 0.6 is 11.3 Å². The molecule has 0 amide bonds. The number of nitrogens with zero attached hydrogens (tertiary/aromatic N) is 4. The van der Waals surface area contributed by atoms with Gasteiger partial charge in [0.1, 0.15) is 10.8 Å². The van der Waals surface area contributed by atoms with Gasteiger partial charge in [0.05, 0.1) is 12.2 Å². The molecule has 3 N–H and O–H groups in total. The van der Waals surface area contributed by atoms with Crippen molar-refractivity contribution in [2.24, 2.45) is 12.0 Å². The third-order valence-corrected chi connectivity index (χ3v) is 5.17. The number of nitrogens with one attached hydrogen (secondary N) is 2. The summed E-state index contributed by atoms with van der Waals surface area (Å²) in [6, 6.07) is 0. The highest BCUT2D eigenvalue weighted by atomic mass is 32.1. The lowest BCUT2D eigenvalue weighted by molar-refractivity contribution is -0.272. The van der Waals surface area contributed by atoms with Crippen LogP contribution in [0.15, 0.2) is 22.8 Å². The van der Waals surface area contributed by atoms with Crippen molar-refractivity contribution in [3.8, 4) is 0 Å². The van der Waals surface area contributed by atoms with Crippen LogP contribution in [0.4, 0.5) is 13.2 Å². The molecule has 0 aromatic carbocycles. The second-order valence-corrected chi connectivity index (χ2v) is 7.86. The fourth-order valence-electron chi connectivity index (χ4n) is 2.66. The van der Waals surface area contributed by atoms with E-state index in [0.717, 1.165) is 10.7 Å². The first kappa shape index (κ1) is 23.1. The summed E-state index contributed by atoms with van der Waals surface area (Å²) in [5.41, 5.74) is -2.07. The van der Waals surface area contributed by atoms with Gasteiger partial charge in [-0.05, 0) is 12.8 Å². The number of alkyl halides is 3. The van der Waals surface area contributed by atoms with E-state index < -0.39 is 24.0 Å². The Bertz CT molecular complexity index is 817. The van der Waals surface area contributed by atoms with Gasteiger partial charge in [0, 0.05) is 44.3 Å².